The van der Waals surface area contributed by atoms with Gasteiger partial charge in [-0.1, -0.05) is 49.2 Å². The molecule has 5 heterocycles. The Labute approximate surface area is 292 Å². The summed E-state index contributed by atoms with van der Waals surface area (Å²) in [5, 5.41) is 0.822. The molecular formula is C34H35Cl2FN6O4S. The fraction of sp³-hybridized carbons (Fsp3) is 0.471. The number of nitrogens with zero attached hydrogens (tertiary/aromatic N) is 6. The molecule has 10 nitrogen and oxygen atoms in total. The summed E-state index contributed by atoms with van der Waals surface area (Å²) in [5.41, 5.74) is 0.649. The molecule has 2 aromatic rings. The van der Waals surface area contributed by atoms with E-state index in [0.29, 0.717) is 46.1 Å². The first kappa shape index (κ1) is 33.0. The standard InChI is InChI=1S/C34H35Cl2FN6O4S/c1-18(2)27-28(31(47)42-24(8-10-26(42)45)30(46)40-13-14-41(19(3)44)34(17-40)11-12-34)48-32-39-33(4,21-6-9-25(36)38-16-21)29(43(27)32)20-5-7-22(35)23(37)15-20/h5-7,9,15-16,18,24,29H,8,10-14,17H2,1-4H3/t24-,29+,33-/m0/s1. The van der Waals surface area contributed by atoms with Gasteiger partial charge in [-0.3, -0.25) is 24.1 Å². The molecule has 48 heavy (non-hydrogen) atoms. The van der Waals surface area contributed by atoms with Crippen LogP contribution in [0.25, 0.3) is 0 Å². The number of amidine groups is 1. The molecule has 2 saturated heterocycles. The minimum absolute atomic E-state index is 0.00890. The molecule has 4 aliphatic heterocycles. The molecule has 0 bridgehead atoms. The van der Waals surface area contributed by atoms with Crippen molar-refractivity contribution in [3.8, 4) is 0 Å². The van der Waals surface area contributed by atoms with E-state index in [2.05, 4.69) is 4.98 Å². The lowest BCUT2D eigenvalue weighted by molar-refractivity contribution is -0.151. The highest BCUT2D eigenvalue weighted by molar-refractivity contribution is 8.18. The summed E-state index contributed by atoms with van der Waals surface area (Å²) in [4.78, 5) is 70.5. The van der Waals surface area contributed by atoms with Crippen LogP contribution in [0.5, 0.6) is 0 Å². The van der Waals surface area contributed by atoms with Gasteiger partial charge in [0.05, 0.1) is 16.6 Å². The summed E-state index contributed by atoms with van der Waals surface area (Å²) < 4.78 is 15.0. The number of halogens is 3. The molecule has 7 rings (SSSR count). The molecule has 1 aliphatic carbocycles. The summed E-state index contributed by atoms with van der Waals surface area (Å²) in [6, 6.07) is 6.60. The Balaban J connectivity index is 1.24. The Morgan fingerprint density at radius 2 is 1.85 bits per heavy atom. The number of amides is 4. The van der Waals surface area contributed by atoms with E-state index in [9.17, 15) is 23.6 Å². The maximum atomic E-state index is 15.0. The van der Waals surface area contributed by atoms with Crippen LogP contribution in [0.15, 0.2) is 52.1 Å². The molecule has 252 valence electrons. The number of piperazine rings is 1. The topological polar surface area (TPSA) is 106 Å². The van der Waals surface area contributed by atoms with E-state index in [1.165, 1.54) is 12.1 Å². The molecule has 1 aromatic heterocycles. The second kappa shape index (κ2) is 11.8. The number of fused-ring (bicyclic) bond motifs is 1. The number of imide groups is 1. The number of pyridine rings is 1. The summed E-state index contributed by atoms with van der Waals surface area (Å²) in [6.07, 6.45) is 3.60. The van der Waals surface area contributed by atoms with E-state index in [4.69, 9.17) is 28.2 Å². The number of benzene rings is 1. The smallest absolute Gasteiger partial charge is 0.269 e. The van der Waals surface area contributed by atoms with Crippen molar-refractivity contribution in [1.82, 2.24) is 24.6 Å². The molecule has 1 spiro atoms. The Kier molecular flexibility index (Phi) is 8.15. The maximum absolute atomic E-state index is 15.0. The fourth-order valence-electron chi connectivity index (χ4n) is 7.71. The molecular weight excluding hydrogens is 678 g/mol. The van der Waals surface area contributed by atoms with Crippen LogP contribution in [-0.4, -0.2) is 84.6 Å². The van der Waals surface area contributed by atoms with Crippen LogP contribution in [0.1, 0.15) is 70.5 Å². The lowest BCUT2D eigenvalue weighted by atomic mass is 9.81. The second-order valence-corrected chi connectivity index (χ2v) is 15.4. The quantitative estimate of drug-likeness (QED) is 0.297. The van der Waals surface area contributed by atoms with E-state index in [1.807, 2.05) is 36.6 Å². The number of hydrogen-bond acceptors (Lipinski definition) is 8. The van der Waals surface area contributed by atoms with Gasteiger partial charge in [-0.05, 0) is 67.6 Å². The summed E-state index contributed by atoms with van der Waals surface area (Å²) >= 11 is 13.4. The van der Waals surface area contributed by atoms with Gasteiger partial charge in [0, 0.05) is 50.4 Å². The monoisotopic (exact) mass is 712 g/mol. The van der Waals surface area contributed by atoms with Crippen LogP contribution >= 0.6 is 35.0 Å². The van der Waals surface area contributed by atoms with Gasteiger partial charge in [-0.2, -0.15) is 0 Å². The highest BCUT2D eigenvalue weighted by Gasteiger charge is 2.57. The van der Waals surface area contributed by atoms with Crippen LogP contribution in [0.3, 0.4) is 0 Å². The largest absolute Gasteiger partial charge is 0.337 e. The lowest BCUT2D eigenvalue weighted by Crippen LogP contribution is -2.60. The summed E-state index contributed by atoms with van der Waals surface area (Å²) in [7, 11) is 0. The number of aromatic nitrogens is 1. The van der Waals surface area contributed by atoms with E-state index in [-0.39, 0.29) is 41.1 Å². The molecule has 0 radical (unpaired) electrons. The van der Waals surface area contributed by atoms with Crippen LogP contribution in [0.2, 0.25) is 10.2 Å². The number of likely N-dealkylation sites (tertiary alicyclic amines) is 1. The number of hydrogen-bond donors (Lipinski definition) is 0. The first-order chi connectivity index (χ1) is 22.8. The van der Waals surface area contributed by atoms with Gasteiger partial charge in [-0.25, -0.2) is 14.4 Å². The number of rotatable bonds is 5. The fourth-order valence-corrected chi connectivity index (χ4v) is 9.29. The van der Waals surface area contributed by atoms with Crippen LogP contribution in [-0.2, 0) is 24.7 Å². The zero-order valence-corrected chi connectivity index (χ0v) is 29.3. The number of allylic oxidation sites excluding steroid dienone is 1. The molecule has 1 saturated carbocycles. The van der Waals surface area contributed by atoms with Crippen LogP contribution < -0.4 is 0 Å². The molecule has 0 unspecified atom stereocenters. The van der Waals surface area contributed by atoms with Gasteiger partial charge < -0.3 is 14.7 Å². The van der Waals surface area contributed by atoms with Gasteiger partial charge in [-0.15, -0.1) is 0 Å². The van der Waals surface area contributed by atoms with Crippen molar-refractivity contribution >= 4 is 63.8 Å². The highest BCUT2D eigenvalue weighted by atomic mass is 35.5. The Hall–Kier alpha value is -3.48. The van der Waals surface area contributed by atoms with Crippen molar-refractivity contribution in [3.63, 3.8) is 0 Å². The van der Waals surface area contributed by atoms with Crippen molar-refractivity contribution in [3.05, 3.63) is 74.3 Å². The van der Waals surface area contributed by atoms with Crippen molar-refractivity contribution in [2.75, 3.05) is 19.6 Å². The van der Waals surface area contributed by atoms with Gasteiger partial charge >= 0.3 is 0 Å². The molecule has 14 heteroatoms. The predicted molar refractivity (Wildman–Crippen MR) is 180 cm³/mol. The summed E-state index contributed by atoms with van der Waals surface area (Å²) in [6.45, 7) is 8.55. The number of carbonyl (C=O) groups is 4. The lowest BCUT2D eigenvalue weighted by Gasteiger charge is -2.43. The number of thioether (sulfide) groups is 1. The summed E-state index contributed by atoms with van der Waals surface area (Å²) in [5.74, 6) is -2.02. The molecule has 5 aliphatic rings. The van der Waals surface area contributed by atoms with E-state index >= 15 is 0 Å². The Bertz CT molecular complexity index is 1810. The zero-order chi connectivity index (χ0) is 34.3. The van der Waals surface area contributed by atoms with E-state index in [1.54, 1.807) is 30.2 Å². The Morgan fingerprint density at radius 1 is 1.10 bits per heavy atom. The second-order valence-electron chi connectivity index (χ2n) is 13.6. The van der Waals surface area contributed by atoms with Crippen LogP contribution in [0, 0.1) is 11.7 Å². The maximum Gasteiger partial charge on any atom is 0.269 e. The average Bonchev–Trinajstić information content (AvgIpc) is 3.38. The first-order valence-electron chi connectivity index (χ1n) is 16.1. The van der Waals surface area contributed by atoms with Crippen molar-refractivity contribution in [2.24, 2.45) is 10.9 Å². The SMILES string of the molecule is CC(=O)N1CCN(C(=O)[C@@H]2CCC(=O)N2C(=O)C2=C(C(C)C)N3C(=N[C@@](C)(c4ccc(Cl)nc4)[C@H]3c3ccc(Cl)c(F)c3)S2)CC12CC2. The number of carbonyl (C=O) groups excluding carboxylic acids is 4. The molecule has 3 fully saturated rings. The predicted octanol–water partition coefficient (Wildman–Crippen LogP) is 5.51. The molecule has 3 atom stereocenters. The minimum atomic E-state index is -0.961. The minimum Gasteiger partial charge on any atom is -0.337 e. The zero-order valence-electron chi connectivity index (χ0n) is 27.0. The molecule has 1 aromatic carbocycles. The van der Waals surface area contributed by atoms with Crippen LogP contribution in [0.4, 0.5) is 4.39 Å². The normalized spacial score (nSPS) is 26.2. The third-order valence-corrected chi connectivity index (χ3v) is 11.8. The van der Waals surface area contributed by atoms with Gasteiger partial charge in [0.25, 0.3) is 5.91 Å². The van der Waals surface area contributed by atoms with E-state index in [0.717, 1.165) is 35.1 Å². The molecule has 4 amide bonds. The highest BCUT2D eigenvalue weighted by Crippen LogP contribution is 2.56. The first-order valence-corrected chi connectivity index (χ1v) is 17.6. The third-order valence-electron chi connectivity index (χ3n) is 10.2. The van der Waals surface area contributed by atoms with Crippen molar-refractivity contribution in [1.29, 1.82) is 0 Å². The van der Waals surface area contributed by atoms with Crippen molar-refractivity contribution in [2.45, 2.75) is 76.5 Å². The van der Waals surface area contributed by atoms with Crippen molar-refractivity contribution < 1.29 is 23.6 Å². The third kappa shape index (κ3) is 5.22. The molecule has 0 N–H and O–H groups in total. The van der Waals surface area contributed by atoms with E-state index < -0.39 is 35.3 Å². The van der Waals surface area contributed by atoms with Gasteiger partial charge in [0.2, 0.25) is 17.7 Å². The average molecular weight is 714 g/mol. The number of aliphatic imine (C=N–C) groups is 1. The van der Waals surface area contributed by atoms with Gasteiger partial charge in [0.15, 0.2) is 5.17 Å². The van der Waals surface area contributed by atoms with Gasteiger partial charge in [0.1, 0.15) is 27.5 Å². The Morgan fingerprint density at radius 3 is 2.48 bits per heavy atom.